The molecule has 6 heteroatoms. The average molecular weight is 229 g/mol. The van der Waals surface area contributed by atoms with Crippen LogP contribution in [0.3, 0.4) is 0 Å². The number of H-pyrrole nitrogens is 1. The molecule has 17 heavy (non-hydrogen) atoms. The van der Waals surface area contributed by atoms with Crippen LogP contribution < -0.4 is 5.73 Å². The number of imidazole rings is 1. The summed E-state index contributed by atoms with van der Waals surface area (Å²) >= 11 is 0. The second-order valence-corrected chi connectivity index (χ2v) is 3.51. The van der Waals surface area contributed by atoms with Gasteiger partial charge in [-0.15, -0.1) is 0 Å². The van der Waals surface area contributed by atoms with Gasteiger partial charge in [0.1, 0.15) is 17.0 Å². The number of aromatic amines is 1. The fraction of sp³-hybridized carbons (Fsp3) is 0. The van der Waals surface area contributed by atoms with E-state index in [-0.39, 0.29) is 11.8 Å². The van der Waals surface area contributed by atoms with Crippen LogP contribution in [-0.4, -0.2) is 19.9 Å². The number of fused-ring (bicyclic) bond motifs is 1. The van der Waals surface area contributed by atoms with E-state index in [9.17, 15) is 4.39 Å². The maximum absolute atomic E-state index is 13.7. The van der Waals surface area contributed by atoms with Crippen LogP contribution in [0.1, 0.15) is 0 Å². The first-order valence-corrected chi connectivity index (χ1v) is 4.97. The minimum absolute atomic E-state index is 0.0721. The van der Waals surface area contributed by atoms with Crippen molar-refractivity contribution in [1.82, 2.24) is 19.9 Å². The van der Waals surface area contributed by atoms with Gasteiger partial charge in [-0.3, -0.25) is 0 Å². The molecule has 2 heterocycles. The zero-order valence-electron chi connectivity index (χ0n) is 8.68. The molecule has 2 aromatic heterocycles. The van der Waals surface area contributed by atoms with E-state index < -0.39 is 0 Å². The number of hydrogen-bond acceptors (Lipinski definition) is 4. The van der Waals surface area contributed by atoms with Gasteiger partial charge in [0.2, 0.25) is 5.95 Å². The number of halogens is 1. The molecule has 3 aromatic rings. The molecule has 0 spiro atoms. The third-order valence-electron chi connectivity index (χ3n) is 2.43. The maximum Gasteiger partial charge on any atom is 0.222 e. The molecular weight excluding hydrogens is 221 g/mol. The van der Waals surface area contributed by atoms with E-state index in [1.54, 1.807) is 18.2 Å². The van der Waals surface area contributed by atoms with Gasteiger partial charge in [-0.1, -0.05) is 12.1 Å². The van der Waals surface area contributed by atoms with Crippen LogP contribution in [0, 0.1) is 5.82 Å². The number of benzene rings is 1. The molecule has 0 unspecified atom stereocenters. The van der Waals surface area contributed by atoms with Gasteiger partial charge in [0, 0.05) is 5.56 Å². The summed E-state index contributed by atoms with van der Waals surface area (Å²) in [5, 5.41) is 0. The zero-order chi connectivity index (χ0) is 11.8. The molecular formula is C11H8FN5. The lowest BCUT2D eigenvalue weighted by atomic mass is 10.1. The second kappa shape index (κ2) is 3.51. The van der Waals surface area contributed by atoms with Crippen LogP contribution >= 0.6 is 0 Å². The molecule has 0 aliphatic carbocycles. The van der Waals surface area contributed by atoms with E-state index in [2.05, 4.69) is 19.9 Å². The molecule has 3 rings (SSSR count). The molecule has 84 valence electrons. The first-order chi connectivity index (χ1) is 8.25. The minimum atomic E-state index is -0.360. The second-order valence-electron chi connectivity index (χ2n) is 3.51. The molecule has 0 saturated heterocycles. The Kier molecular flexibility index (Phi) is 2.01. The van der Waals surface area contributed by atoms with E-state index in [0.717, 1.165) is 0 Å². The highest BCUT2D eigenvalue weighted by Crippen LogP contribution is 2.26. The van der Waals surface area contributed by atoms with Crippen molar-refractivity contribution in [3.8, 4) is 11.3 Å². The minimum Gasteiger partial charge on any atom is -0.368 e. The van der Waals surface area contributed by atoms with Crippen molar-refractivity contribution in [3.05, 3.63) is 36.4 Å². The predicted molar refractivity (Wildman–Crippen MR) is 61.5 cm³/mol. The van der Waals surface area contributed by atoms with E-state index in [4.69, 9.17) is 5.73 Å². The number of hydrogen-bond donors (Lipinski definition) is 2. The van der Waals surface area contributed by atoms with Gasteiger partial charge in [-0.05, 0) is 12.1 Å². The number of rotatable bonds is 1. The highest BCUT2D eigenvalue weighted by atomic mass is 19.1. The molecule has 0 bridgehead atoms. The standard InChI is InChI=1S/C11H8FN5/c12-7-4-2-1-3-6(7)8-9-10(15-5-14-9)17-11(13)16-8/h1-5H,(H3,13,14,15,16,17). The fourth-order valence-electron chi connectivity index (χ4n) is 1.70. The average Bonchev–Trinajstić information content (AvgIpc) is 2.76. The van der Waals surface area contributed by atoms with Crippen molar-refractivity contribution in [2.75, 3.05) is 5.73 Å². The van der Waals surface area contributed by atoms with Crippen LogP contribution in [0.2, 0.25) is 0 Å². The third-order valence-corrected chi connectivity index (χ3v) is 2.43. The molecule has 0 amide bonds. The Balaban J connectivity index is 2.37. The predicted octanol–water partition coefficient (Wildman–Crippen LogP) is 1.74. The summed E-state index contributed by atoms with van der Waals surface area (Å²) in [5.41, 5.74) is 7.36. The monoisotopic (exact) mass is 229 g/mol. The Morgan fingerprint density at radius 3 is 2.82 bits per heavy atom. The van der Waals surface area contributed by atoms with Crippen molar-refractivity contribution >= 4 is 17.1 Å². The zero-order valence-corrected chi connectivity index (χ0v) is 8.68. The quantitative estimate of drug-likeness (QED) is 0.666. The van der Waals surface area contributed by atoms with Crippen molar-refractivity contribution < 1.29 is 4.39 Å². The van der Waals surface area contributed by atoms with Gasteiger partial charge in [0.05, 0.1) is 6.33 Å². The van der Waals surface area contributed by atoms with Gasteiger partial charge >= 0.3 is 0 Å². The SMILES string of the molecule is Nc1nc(-c2ccccc2F)c2[nH]cnc2n1. The fourth-order valence-corrected chi connectivity index (χ4v) is 1.70. The van der Waals surface area contributed by atoms with Gasteiger partial charge in [-0.2, -0.15) is 4.98 Å². The molecule has 0 fully saturated rings. The highest BCUT2D eigenvalue weighted by Gasteiger charge is 2.13. The highest BCUT2D eigenvalue weighted by molar-refractivity contribution is 5.87. The lowest BCUT2D eigenvalue weighted by Crippen LogP contribution is -1.98. The Morgan fingerprint density at radius 2 is 2.00 bits per heavy atom. The molecule has 5 nitrogen and oxygen atoms in total. The van der Waals surface area contributed by atoms with E-state index in [0.29, 0.717) is 22.4 Å². The van der Waals surface area contributed by atoms with Crippen LogP contribution in [-0.2, 0) is 0 Å². The first kappa shape index (κ1) is 9.71. The molecule has 1 aromatic carbocycles. The Bertz CT molecular complexity index is 691. The molecule has 0 aliphatic rings. The summed E-state index contributed by atoms with van der Waals surface area (Å²) in [6, 6.07) is 6.36. The molecule has 0 atom stereocenters. The number of nitrogens with one attached hydrogen (secondary N) is 1. The summed E-state index contributed by atoms with van der Waals surface area (Å²) in [6.07, 6.45) is 1.48. The van der Waals surface area contributed by atoms with Gasteiger partial charge in [0.15, 0.2) is 5.65 Å². The van der Waals surface area contributed by atoms with Crippen LogP contribution in [0.4, 0.5) is 10.3 Å². The normalized spacial score (nSPS) is 10.9. The molecule has 0 aliphatic heterocycles. The third kappa shape index (κ3) is 1.50. The number of anilines is 1. The number of nitrogens with zero attached hydrogens (tertiary/aromatic N) is 3. The summed E-state index contributed by atoms with van der Waals surface area (Å²) in [7, 11) is 0. The van der Waals surface area contributed by atoms with Crippen LogP contribution in [0.15, 0.2) is 30.6 Å². The van der Waals surface area contributed by atoms with Crippen molar-refractivity contribution in [3.63, 3.8) is 0 Å². The number of aromatic nitrogens is 4. The summed E-state index contributed by atoms with van der Waals surface area (Å²) in [6.45, 7) is 0. The van der Waals surface area contributed by atoms with Crippen molar-refractivity contribution in [2.24, 2.45) is 0 Å². The van der Waals surface area contributed by atoms with Gasteiger partial charge in [0.25, 0.3) is 0 Å². The Hall–Kier alpha value is -2.50. The van der Waals surface area contributed by atoms with E-state index in [1.807, 2.05) is 0 Å². The summed E-state index contributed by atoms with van der Waals surface area (Å²) < 4.78 is 13.7. The Morgan fingerprint density at radius 1 is 1.18 bits per heavy atom. The largest absolute Gasteiger partial charge is 0.368 e. The lowest BCUT2D eigenvalue weighted by Gasteiger charge is -2.04. The molecule has 0 radical (unpaired) electrons. The van der Waals surface area contributed by atoms with Crippen molar-refractivity contribution in [2.45, 2.75) is 0 Å². The number of nitrogens with two attached hydrogens (primary N) is 1. The van der Waals surface area contributed by atoms with Crippen LogP contribution in [0.25, 0.3) is 22.4 Å². The van der Waals surface area contributed by atoms with Crippen LogP contribution in [0.5, 0.6) is 0 Å². The van der Waals surface area contributed by atoms with Gasteiger partial charge in [-0.25, -0.2) is 14.4 Å². The first-order valence-electron chi connectivity index (χ1n) is 4.97. The van der Waals surface area contributed by atoms with Gasteiger partial charge < -0.3 is 10.7 Å². The summed E-state index contributed by atoms with van der Waals surface area (Å²) in [5.74, 6) is -0.288. The van der Waals surface area contributed by atoms with E-state index >= 15 is 0 Å². The smallest absolute Gasteiger partial charge is 0.222 e. The number of nitrogen functional groups attached to an aromatic ring is 1. The molecule has 0 saturated carbocycles. The summed E-state index contributed by atoms with van der Waals surface area (Å²) in [4.78, 5) is 14.9. The topological polar surface area (TPSA) is 80.5 Å². The van der Waals surface area contributed by atoms with Crippen molar-refractivity contribution in [1.29, 1.82) is 0 Å². The van der Waals surface area contributed by atoms with E-state index in [1.165, 1.54) is 12.4 Å². The Labute approximate surface area is 95.5 Å². The lowest BCUT2D eigenvalue weighted by molar-refractivity contribution is 0.631. The maximum atomic E-state index is 13.7. The molecule has 3 N–H and O–H groups in total.